The smallest absolute Gasteiger partial charge is 0.227 e. The minimum atomic E-state index is -0.178. The van der Waals surface area contributed by atoms with Gasteiger partial charge in [0.05, 0.1) is 5.92 Å². The highest BCUT2D eigenvalue weighted by molar-refractivity contribution is 5.84. The van der Waals surface area contributed by atoms with Crippen molar-refractivity contribution in [3.05, 3.63) is 35.4 Å². The molecule has 0 bridgehead atoms. The van der Waals surface area contributed by atoms with Crippen molar-refractivity contribution < 1.29 is 4.79 Å². The van der Waals surface area contributed by atoms with Crippen molar-refractivity contribution in [3.63, 3.8) is 0 Å². The molecule has 0 aromatic heterocycles. The maximum Gasteiger partial charge on any atom is 0.227 e. The summed E-state index contributed by atoms with van der Waals surface area (Å²) in [5.74, 6) is 0.180. The first-order valence-corrected chi connectivity index (χ1v) is 8.32. The van der Waals surface area contributed by atoms with Gasteiger partial charge in [-0.1, -0.05) is 43.5 Å². The second-order valence-corrected chi connectivity index (χ2v) is 6.78. The zero-order valence-electron chi connectivity index (χ0n) is 12.7. The molecule has 1 aromatic rings. The van der Waals surface area contributed by atoms with Crippen LogP contribution in [-0.2, 0) is 11.2 Å². The SMILES string of the molecule is NC1(CNC(=O)C2CCCc3ccccc32)CCCCC1. The van der Waals surface area contributed by atoms with Crippen LogP contribution in [0.15, 0.2) is 24.3 Å². The van der Waals surface area contributed by atoms with Crippen molar-refractivity contribution in [3.8, 4) is 0 Å². The van der Waals surface area contributed by atoms with Gasteiger partial charge in [0, 0.05) is 12.1 Å². The molecule has 1 atom stereocenters. The molecule has 21 heavy (non-hydrogen) atoms. The average molecular weight is 286 g/mol. The highest BCUT2D eigenvalue weighted by Gasteiger charge is 2.30. The molecule has 1 amide bonds. The van der Waals surface area contributed by atoms with Crippen LogP contribution < -0.4 is 11.1 Å². The molecule has 2 aliphatic rings. The molecule has 3 rings (SSSR count). The Kier molecular flexibility index (Phi) is 4.29. The lowest BCUT2D eigenvalue weighted by molar-refractivity contribution is -0.123. The van der Waals surface area contributed by atoms with E-state index in [0.29, 0.717) is 6.54 Å². The lowest BCUT2D eigenvalue weighted by Gasteiger charge is -2.34. The standard InChI is InChI=1S/C18H26N2O/c19-18(11-4-1-5-12-18)13-20-17(21)16-10-6-8-14-7-2-3-9-15(14)16/h2-3,7,9,16H,1,4-6,8,10-13,19H2,(H,20,21). The molecule has 3 N–H and O–H groups in total. The van der Waals surface area contributed by atoms with Crippen LogP contribution in [-0.4, -0.2) is 18.0 Å². The maximum atomic E-state index is 12.6. The summed E-state index contributed by atoms with van der Waals surface area (Å²) in [5, 5.41) is 3.14. The molecular weight excluding hydrogens is 260 g/mol. The van der Waals surface area contributed by atoms with Gasteiger partial charge >= 0.3 is 0 Å². The van der Waals surface area contributed by atoms with Gasteiger partial charge in [-0.15, -0.1) is 0 Å². The predicted octanol–water partition coefficient (Wildman–Crippen LogP) is 2.88. The summed E-state index contributed by atoms with van der Waals surface area (Å²) in [6.07, 6.45) is 8.90. The molecule has 3 nitrogen and oxygen atoms in total. The summed E-state index contributed by atoms with van der Waals surface area (Å²) in [6.45, 7) is 0.629. The highest BCUT2D eigenvalue weighted by Crippen LogP contribution is 2.32. The number of nitrogens with one attached hydrogen (secondary N) is 1. The van der Waals surface area contributed by atoms with Crippen molar-refractivity contribution >= 4 is 5.91 Å². The Morgan fingerprint density at radius 1 is 1.19 bits per heavy atom. The lowest BCUT2D eigenvalue weighted by atomic mass is 9.81. The monoisotopic (exact) mass is 286 g/mol. The van der Waals surface area contributed by atoms with E-state index in [4.69, 9.17) is 5.73 Å². The summed E-state index contributed by atoms with van der Waals surface area (Å²) in [7, 11) is 0. The third-order valence-corrected chi connectivity index (χ3v) is 5.15. The van der Waals surface area contributed by atoms with Gasteiger partial charge in [0.1, 0.15) is 0 Å². The first-order chi connectivity index (χ1) is 10.2. The van der Waals surface area contributed by atoms with E-state index in [0.717, 1.165) is 32.1 Å². The summed E-state index contributed by atoms with van der Waals surface area (Å²) >= 11 is 0. The van der Waals surface area contributed by atoms with Crippen LogP contribution in [0.5, 0.6) is 0 Å². The number of fused-ring (bicyclic) bond motifs is 1. The quantitative estimate of drug-likeness (QED) is 0.897. The Balaban J connectivity index is 1.64. The van der Waals surface area contributed by atoms with Gasteiger partial charge in [0.25, 0.3) is 0 Å². The number of hydrogen-bond donors (Lipinski definition) is 2. The fraction of sp³-hybridized carbons (Fsp3) is 0.611. The van der Waals surface area contributed by atoms with E-state index in [9.17, 15) is 4.79 Å². The molecule has 0 heterocycles. The summed E-state index contributed by atoms with van der Waals surface area (Å²) in [5.41, 5.74) is 8.79. The van der Waals surface area contributed by atoms with Crippen molar-refractivity contribution in [2.75, 3.05) is 6.54 Å². The number of carbonyl (C=O) groups excluding carboxylic acids is 1. The van der Waals surface area contributed by atoms with Gasteiger partial charge in [-0.3, -0.25) is 4.79 Å². The van der Waals surface area contributed by atoms with E-state index in [-0.39, 0.29) is 17.4 Å². The molecular formula is C18H26N2O. The van der Waals surface area contributed by atoms with E-state index in [1.807, 2.05) is 6.07 Å². The molecule has 0 spiro atoms. The molecule has 0 radical (unpaired) electrons. The highest BCUT2D eigenvalue weighted by atomic mass is 16.1. The van der Waals surface area contributed by atoms with Gasteiger partial charge in [0.15, 0.2) is 0 Å². The van der Waals surface area contributed by atoms with Gasteiger partial charge in [-0.2, -0.15) is 0 Å². The Morgan fingerprint density at radius 3 is 2.76 bits per heavy atom. The van der Waals surface area contributed by atoms with E-state index in [1.165, 1.54) is 30.4 Å². The first kappa shape index (κ1) is 14.6. The fourth-order valence-electron chi connectivity index (χ4n) is 3.85. The lowest BCUT2D eigenvalue weighted by Crippen LogP contribution is -2.52. The third-order valence-electron chi connectivity index (χ3n) is 5.15. The van der Waals surface area contributed by atoms with Gasteiger partial charge in [-0.05, 0) is 43.2 Å². The maximum absolute atomic E-state index is 12.6. The number of rotatable bonds is 3. The number of carbonyl (C=O) groups is 1. The zero-order valence-corrected chi connectivity index (χ0v) is 12.7. The van der Waals surface area contributed by atoms with E-state index >= 15 is 0 Å². The van der Waals surface area contributed by atoms with Crippen LogP contribution in [0, 0.1) is 0 Å². The molecule has 0 saturated heterocycles. The van der Waals surface area contributed by atoms with Crippen molar-refractivity contribution in [1.82, 2.24) is 5.32 Å². The number of amides is 1. The van der Waals surface area contributed by atoms with Gasteiger partial charge in [0.2, 0.25) is 5.91 Å². The molecule has 2 aliphatic carbocycles. The van der Waals surface area contributed by atoms with Crippen LogP contribution in [0.3, 0.4) is 0 Å². The van der Waals surface area contributed by atoms with E-state index in [1.54, 1.807) is 0 Å². The number of aryl methyl sites for hydroxylation is 1. The Hall–Kier alpha value is -1.35. The first-order valence-electron chi connectivity index (χ1n) is 8.32. The number of hydrogen-bond acceptors (Lipinski definition) is 2. The normalized spacial score (nSPS) is 24.1. The Morgan fingerprint density at radius 2 is 1.95 bits per heavy atom. The minimum absolute atomic E-state index is 0.0159. The fourth-order valence-corrected chi connectivity index (χ4v) is 3.85. The third kappa shape index (κ3) is 3.29. The van der Waals surface area contributed by atoms with Crippen LogP contribution >= 0.6 is 0 Å². The van der Waals surface area contributed by atoms with Gasteiger partial charge < -0.3 is 11.1 Å². The second kappa shape index (κ2) is 6.18. The largest absolute Gasteiger partial charge is 0.354 e. The minimum Gasteiger partial charge on any atom is -0.354 e. The van der Waals surface area contributed by atoms with Crippen molar-refractivity contribution in [1.29, 1.82) is 0 Å². The van der Waals surface area contributed by atoms with Crippen LogP contribution in [0.4, 0.5) is 0 Å². The molecule has 0 aliphatic heterocycles. The predicted molar refractivity (Wildman–Crippen MR) is 85.1 cm³/mol. The van der Waals surface area contributed by atoms with E-state index in [2.05, 4.69) is 23.5 Å². The number of benzene rings is 1. The summed E-state index contributed by atoms with van der Waals surface area (Å²) < 4.78 is 0. The molecule has 1 saturated carbocycles. The summed E-state index contributed by atoms with van der Waals surface area (Å²) in [6, 6.07) is 8.36. The Labute approximate surface area is 127 Å². The summed E-state index contributed by atoms with van der Waals surface area (Å²) in [4.78, 5) is 12.6. The molecule has 3 heteroatoms. The van der Waals surface area contributed by atoms with Gasteiger partial charge in [-0.25, -0.2) is 0 Å². The second-order valence-electron chi connectivity index (χ2n) is 6.78. The van der Waals surface area contributed by atoms with Crippen molar-refractivity contribution in [2.45, 2.75) is 62.8 Å². The van der Waals surface area contributed by atoms with Crippen LogP contribution in [0.2, 0.25) is 0 Å². The topological polar surface area (TPSA) is 55.1 Å². The average Bonchev–Trinajstić information content (AvgIpc) is 2.53. The van der Waals surface area contributed by atoms with Crippen LogP contribution in [0.25, 0.3) is 0 Å². The van der Waals surface area contributed by atoms with E-state index < -0.39 is 0 Å². The molecule has 1 aromatic carbocycles. The molecule has 114 valence electrons. The number of nitrogens with two attached hydrogens (primary N) is 1. The molecule has 1 fully saturated rings. The van der Waals surface area contributed by atoms with Crippen LogP contribution in [0.1, 0.15) is 62.0 Å². The van der Waals surface area contributed by atoms with Crippen molar-refractivity contribution in [2.24, 2.45) is 5.73 Å². The zero-order chi connectivity index (χ0) is 14.7. The Bertz CT molecular complexity index is 506. The molecule has 1 unspecified atom stereocenters.